The van der Waals surface area contributed by atoms with Crippen LogP contribution in [0.5, 0.6) is 17.2 Å². The van der Waals surface area contributed by atoms with E-state index in [1.165, 1.54) is 0 Å². The summed E-state index contributed by atoms with van der Waals surface area (Å²) in [6, 6.07) is 5.69. The van der Waals surface area contributed by atoms with Crippen molar-refractivity contribution >= 4 is 11.0 Å². The van der Waals surface area contributed by atoms with E-state index in [1.807, 2.05) is 29.8 Å². The molecule has 6 nitrogen and oxygen atoms in total. The van der Waals surface area contributed by atoms with Gasteiger partial charge in [-0.2, -0.15) is 0 Å². The molecule has 3 rings (SSSR count). The average Bonchev–Trinajstić information content (AvgIpc) is 2.94. The van der Waals surface area contributed by atoms with Crippen molar-refractivity contribution in [2.75, 3.05) is 21.3 Å². The van der Waals surface area contributed by atoms with Gasteiger partial charge in [0.15, 0.2) is 11.5 Å². The van der Waals surface area contributed by atoms with Crippen LogP contribution in [0.2, 0.25) is 0 Å². The van der Waals surface area contributed by atoms with Gasteiger partial charge in [0, 0.05) is 12.6 Å². The van der Waals surface area contributed by atoms with E-state index < -0.39 is 0 Å². The molecule has 0 amide bonds. The molecule has 0 spiro atoms. The molecule has 0 saturated heterocycles. The Morgan fingerprint density at radius 3 is 2.18 bits per heavy atom. The molecule has 6 heteroatoms. The summed E-state index contributed by atoms with van der Waals surface area (Å²) in [7, 11) is 6.71. The number of hydrogen-bond acceptors (Lipinski definition) is 5. The third-order valence-corrected chi connectivity index (χ3v) is 3.57. The molecule has 0 bridgehead atoms. The highest BCUT2D eigenvalue weighted by molar-refractivity contribution is 5.80. The maximum atomic E-state index is 5.38. The predicted octanol–water partition coefficient (Wildman–Crippen LogP) is 2.66. The van der Waals surface area contributed by atoms with Gasteiger partial charge in [-0.25, -0.2) is 4.98 Å². The quantitative estimate of drug-likeness (QED) is 0.741. The molecular formula is C16H17N3O3. The number of rotatable bonds is 4. The smallest absolute Gasteiger partial charge is 0.203 e. The van der Waals surface area contributed by atoms with Crippen LogP contribution in [0.4, 0.5) is 0 Å². The second-order valence-corrected chi connectivity index (χ2v) is 4.83. The van der Waals surface area contributed by atoms with Crippen LogP contribution in [0, 0.1) is 0 Å². The Labute approximate surface area is 128 Å². The number of imidazole rings is 1. The predicted molar refractivity (Wildman–Crippen MR) is 83.6 cm³/mol. The first-order valence-electron chi connectivity index (χ1n) is 6.75. The summed E-state index contributed by atoms with van der Waals surface area (Å²) in [6.45, 7) is 0. The first-order valence-corrected chi connectivity index (χ1v) is 6.75. The van der Waals surface area contributed by atoms with Crippen LogP contribution in [-0.2, 0) is 7.05 Å². The Morgan fingerprint density at radius 1 is 0.909 bits per heavy atom. The third-order valence-electron chi connectivity index (χ3n) is 3.57. The molecule has 22 heavy (non-hydrogen) atoms. The molecule has 0 aliphatic heterocycles. The molecule has 0 unspecified atom stereocenters. The number of fused-ring (bicyclic) bond motifs is 1. The number of methoxy groups -OCH3 is 3. The van der Waals surface area contributed by atoms with Gasteiger partial charge in [0.05, 0.1) is 50.6 Å². The lowest BCUT2D eigenvalue weighted by Crippen LogP contribution is -1.96. The minimum absolute atomic E-state index is 0.563. The van der Waals surface area contributed by atoms with Crippen LogP contribution < -0.4 is 14.2 Å². The second-order valence-electron chi connectivity index (χ2n) is 4.83. The third kappa shape index (κ3) is 2.22. The Balaban J connectivity index is 2.16. The second kappa shape index (κ2) is 5.55. The molecule has 2 heterocycles. The van der Waals surface area contributed by atoms with Gasteiger partial charge in [0.1, 0.15) is 0 Å². The van der Waals surface area contributed by atoms with Crippen molar-refractivity contribution in [1.29, 1.82) is 0 Å². The van der Waals surface area contributed by atoms with Crippen LogP contribution in [0.25, 0.3) is 22.3 Å². The zero-order valence-corrected chi connectivity index (χ0v) is 13.0. The largest absolute Gasteiger partial charge is 0.493 e. The van der Waals surface area contributed by atoms with Crippen molar-refractivity contribution in [3.63, 3.8) is 0 Å². The van der Waals surface area contributed by atoms with Crippen molar-refractivity contribution in [3.05, 3.63) is 30.7 Å². The van der Waals surface area contributed by atoms with Gasteiger partial charge in [0.25, 0.3) is 0 Å². The summed E-state index contributed by atoms with van der Waals surface area (Å²) < 4.78 is 18.0. The summed E-state index contributed by atoms with van der Waals surface area (Å²) in [6.07, 6.45) is 3.58. The zero-order valence-electron chi connectivity index (χ0n) is 13.0. The van der Waals surface area contributed by atoms with Crippen molar-refractivity contribution in [1.82, 2.24) is 14.5 Å². The van der Waals surface area contributed by atoms with Gasteiger partial charge < -0.3 is 18.8 Å². The number of ether oxygens (including phenoxy) is 3. The van der Waals surface area contributed by atoms with Crippen LogP contribution in [0.3, 0.4) is 0 Å². The van der Waals surface area contributed by atoms with E-state index in [-0.39, 0.29) is 0 Å². The Kier molecular flexibility index (Phi) is 3.58. The zero-order chi connectivity index (χ0) is 15.7. The minimum atomic E-state index is 0.563. The van der Waals surface area contributed by atoms with Crippen molar-refractivity contribution in [2.45, 2.75) is 0 Å². The summed E-state index contributed by atoms with van der Waals surface area (Å²) in [5.41, 5.74) is 3.55. The number of aryl methyl sites for hydroxylation is 1. The SMILES string of the molecule is COc1cc(-c2cc3ncn(C)c3cn2)cc(OC)c1OC. The molecule has 0 saturated carbocycles. The molecule has 0 aliphatic rings. The molecule has 0 aliphatic carbocycles. The first-order chi connectivity index (χ1) is 10.7. The first kappa shape index (κ1) is 14.2. The highest BCUT2D eigenvalue weighted by Gasteiger charge is 2.15. The Morgan fingerprint density at radius 2 is 1.59 bits per heavy atom. The van der Waals surface area contributed by atoms with E-state index in [0.717, 1.165) is 22.3 Å². The van der Waals surface area contributed by atoms with Crippen LogP contribution in [-0.4, -0.2) is 35.9 Å². The number of hydrogen-bond donors (Lipinski definition) is 0. The molecule has 3 aromatic rings. The highest BCUT2D eigenvalue weighted by atomic mass is 16.5. The van der Waals surface area contributed by atoms with Crippen molar-refractivity contribution < 1.29 is 14.2 Å². The lowest BCUT2D eigenvalue weighted by Gasteiger charge is -2.14. The van der Waals surface area contributed by atoms with Gasteiger partial charge in [0.2, 0.25) is 5.75 Å². The van der Waals surface area contributed by atoms with E-state index in [1.54, 1.807) is 33.9 Å². The maximum absolute atomic E-state index is 5.38. The van der Waals surface area contributed by atoms with E-state index in [2.05, 4.69) is 9.97 Å². The van der Waals surface area contributed by atoms with Crippen molar-refractivity contribution in [3.8, 4) is 28.5 Å². The standard InChI is InChI=1S/C16H17N3O3/c1-19-9-18-12-7-11(17-8-13(12)19)10-5-14(20-2)16(22-4)15(6-10)21-3/h5-9H,1-4H3. The van der Waals surface area contributed by atoms with Crippen molar-refractivity contribution in [2.24, 2.45) is 7.05 Å². The van der Waals surface area contributed by atoms with E-state index >= 15 is 0 Å². The molecule has 114 valence electrons. The van der Waals surface area contributed by atoms with Crippen LogP contribution >= 0.6 is 0 Å². The fourth-order valence-corrected chi connectivity index (χ4v) is 2.41. The minimum Gasteiger partial charge on any atom is -0.493 e. The molecule has 0 N–H and O–H groups in total. The normalized spacial score (nSPS) is 10.7. The number of nitrogens with zero attached hydrogens (tertiary/aromatic N) is 3. The summed E-state index contributed by atoms with van der Waals surface area (Å²) in [4.78, 5) is 8.86. The fraction of sp³-hybridized carbons (Fsp3) is 0.250. The van der Waals surface area contributed by atoms with Gasteiger partial charge in [-0.1, -0.05) is 0 Å². The van der Waals surface area contributed by atoms with E-state index in [9.17, 15) is 0 Å². The average molecular weight is 299 g/mol. The van der Waals surface area contributed by atoms with Crippen LogP contribution in [0.1, 0.15) is 0 Å². The molecule has 0 radical (unpaired) electrons. The fourth-order valence-electron chi connectivity index (χ4n) is 2.41. The van der Waals surface area contributed by atoms with Crippen LogP contribution in [0.15, 0.2) is 30.7 Å². The van der Waals surface area contributed by atoms with Gasteiger partial charge in [-0.3, -0.25) is 4.98 Å². The number of pyridine rings is 1. The van der Waals surface area contributed by atoms with E-state index in [4.69, 9.17) is 14.2 Å². The number of benzene rings is 1. The van der Waals surface area contributed by atoms with Gasteiger partial charge in [-0.05, 0) is 18.2 Å². The Hall–Kier alpha value is -2.76. The molecule has 0 fully saturated rings. The molecular weight excluding hydrogens is 282 g/mol. The summed E-state index contributed by atoms with van der Waals surface area (Å²) >= 11 is 0. The Bertz CT molecular complexity index is 802. The maximum Gasteiger partial charge on any atom is 0.203 e. The summed E-state index contributed by atoms with van der Waals surface area (Å²) in [5.74, 6) is 1.76. The summed E-state index contributed by atoms with van der Waals surface area (Å²) in [5, 5.41) is 0. The lowest BCUT2D eigenvalue weighted by atomic mass is 10.1. The molecule has 0 atom stereocenters. The topological polar surface area (TPSA) is 58.4 Å². The van der Waals surface area contributed by atoms with Gasteiger partial charge >= 0.3 is 0 Å². The monoisotopic (exact) mass is 299 g/mol. The van der Waals surface area contributed by atoms with Gasteiger partial charge in [-0.15, -0.1) is 0 Å². The van der Waals surface area contributed by atoms with E-state index in [0.29, 0.717) is 17.2 Å². The molecule has 1 aromatic carbocycles. The highest BCUT2D eigenvalue weighted by Crippen LogP contribution is 2.40. The molecule has 2 aromatic heterocycles. The lowest BCUT2D eigenvalue weighted by molar-refractivity contribution is 0.324. The number of aromatic nitrogens is 3.